The van der Waals surface area contributed by atoms with Gasteiger partial charge in [-0.15, -0.1) is 5.10 Å². The van der Waals surface area contributed by atoms with Crippen LogP contribution in [0.5, 0.6) is 0 Å². The van der Waals surface area contributed by atoms with Gasteiger partial charge in [0.1, 0.15) is 0 Å². The van der Waals surface area contributed by atoms with Crippen molar-refractivity contribution in [3.8, 4) is 0 Å². The van der Waals surface area contributed by atoms with Crippen molar-refractivity contribution < 1.29 is 4.79 Å². The molecule has 7 heteroatoms. The molecule has 1 fully saturated rings. The summed E-state index contributed by atoms with van der Waals surface area (Å²) in [4.78, 5) is 18.4. The lowest BCUT2D eigenvalue weighted by Crippen LogP contribution is -2.44. The van der Waals surface area contributed by atoms with Gasteiger partial charge in [-0.2, -0.15) is 0 Å². The molecule has 1 aliphatic heterocycles. The zero-order valence-corrected chi connectivity index (χ0v) is 12.4. The highest BCUT2D eigenvalue weighted by Crippen LogP contribution is 2.14. The van der Waals surface area contributed by atoms with Gasteiger partial charge in [0.2, 0.25) is 0 Å². The number of rotatable bonds is 4. The summed E-state index contributed by atoms with van der Waals surface area (Å²) in [6.07, 6.45) is 5.62. The molecule has 6 nitrogen and oxygen atoms in total. The van der Waals surface area contributed by atoms with Gasteiger partial charge in [-0.25, -0.2) is 0 Å². The zero-order chi connectivity index (χ0) is 14.5. The average molecular weight is 303 g/mol. The van der Waals surface area contributed by atoms with Crippen LogP contribution in [0.2, 0.25) is 0 Å². The minimum absolute atomic E-state index is 0.116. The number of piperidine rings is 1. The van der Waals surface area contributed by atoms with Crippen molar-refractivity contribution in [2.24, 2.45) is 0 Å². The Kier molecular flexibility index (Phi) is 4.52. The normalized spacial score (nSPS) is 16.8. The van der Waals surface area contributed by atoms with E-state index < -0.39 is 0 Å². The Hall–Kier alpha value is -1.86. The van der Waals surface area contributed by atoms with Gasteiger partial charge >= 0.3 is 0 Å². The van der Waals surface area contributed by atoms with Crippen molar-refractivity contribution in [3.63, 3.8) is 0 Å². The summed E-state index contributed by atoms with van der Waals surface area (Å²) in [7, 11) is 0. The second kappa shape index (κ2) is 6.73. The maximum Gasteiger partial charge on any atom is 0.272 e. The Morgan fingerprint density at radius 1 is 1.43 bits per heavy atom. The number of nitrogens with one attached hydrogen (secondary N) is 1. The standard InChI is InChI=1S/C14H17N5OS/c20-14(13-10-21-18-17-13)16-12-3-6-19(7-4-12)9-11-2-1-5-15-8-11/h1-2,5,8,10,12H,3-4,6-7,9H2,(H,16,20). The van der Waals surface area contributed by atoms with Crippen molar-refractivity contribution in [1.29, 1.82) is 0 Å². The highest BCUT2D eigenvalue weighted by atomic mass is 32.1. The van der Waals surface area contributed by atoms with Gasteiger partial charge in [0.05, 0.1) is 0 Å². The van der Waals surface area contributed by atoms with Gasteiger partial charge in [-0.1, -0.05) is 10.6 Å². The predicted octanol–water partition coefficient (Wildman–Crippen LogP) is 1.33. The number of pyridine rings is 1. The molecule has 1 aliphatic rings. The van der Waals surface area contributed by atoms with E-state index in [1.54, 1.807) is 11.6 Å². The molecule has 1 amide bonds. The molecule has 0 aliphatic carbocycles. The van der Waals surface area contributed by atoms with E-state index in [0.29, 0.717) is 5.69 Å². The number of carbonyl (C=O) groups is 1. The Morgan fingerprint density at radius 2 is 2.29 bits per heavy atom. The van der Waals surface area contributed by atoms with Crippen molar-refractivity contribution in [1.82, 2.24) is 24.8 Å². The van der Waals surface area contributed by atoms with Crippen molar-refractivity contribution in [2.45, 2.75) is 25.4 Å². The molecule has 3 rings (SSSR count). The molecule has 110 valence electrons. The quantitative estimate of drug-likeness (QED) is 0.922. The van der Waals surface area contributed by atoms with Crippen LogP contribution in [0.3, 0.4) is 0 Å². The van der Waals surface area contributed by atoms with Crippen LogP contribution in [0.1, 0.15) is 28.9 Å². The smallest absolute Gasteiger partial charge is 0.272 e. The summed E-state index contributed by atoms with van der Waals surface area (Å²) < 4.78 is 3.71. The molecule has 1 saturated heterocycles. The second-order valence-corrected chi connectivity index (χ2v) is 5.79. The van der Waals surface area contributed by atoms with Gasteiger partial charge in [0.25, 0.3) is 5.91 Å². The third kappa shape index (κ3) is 3.83. The fourth-order valence-electron chi connectivity index (χ4n) is 2.51. The molecular formula is C14H17N5OS. The first kappa shape index (κ1) is 14.1. The van der Waals surface area contributed by atoms with E-state index in [4.69, 9.17) is 0 Å². The van der Waals surface area contributed by atoms with Gasteiger partial charge in [-0.3, -0.25) is 14.7 Å². The summed E-state index contributed by atoms with van der Waals surface area (Å²) in [5, 5.41) is 8.50. The van der Waals surface area contributed by atoms with E-state index in [0.717, 1.165) is 32.5 Å². The van der Waals surface area contributed by atoms with Crippen LogP contribution in [0.25, 0.3) is 0 Å². The lowest BCUT2D eigenvalue weighted by molar-refractivity contribution is 0.0904. The van der Waals surface area contributed by atoms with Crippen LogP contribution in [0.15, 0.2) is 29.9 Å². The Bertz CT molecular complexity index is 566. The van der Waals surface area contributed by atoms with Crippen molar-refractivity contribution >= 4 is 17.4 Å². The number of carbonyl (C=O) groups excluding carboxylic acids is 1. The molecule has 0 unspecified atom stereocenters. The van der Waals surface area contributed by atoms with Crippen molar-refractivity contribution in [2.75, 3.05) is 13.1 Å². The summed E-state index contributed by atoms with van der Waals surface area (Å²) in [6.45, 7) is 2.88. The van der Waals surface area contributed by atoms with Crippen LogP contribution in [-0.2, 0) is 6.54 Å². The maximum absolute atomic E-state index is 11.9. The van der Waals surface area contributed by atoms with E-state index >= 15 is 0 Å². The first-order valence-corrected chi connectivity index (χ1v) is 7.84. The number of hydrogen-bond donors (Lipinski definition) is 1. The first-order valence-electron chi connectivity index (χ1n) is 7.00. The van der Waals surface area contributed by atoms with Crippen LogP contribution in [0, 0.1) is 0 Å². The number of amides is 1. The topological polar surface area (TPSA) is 71.0 Å². The van der Waals surface area contributed by atoms with Gasteiger partial charge in [0.15, 0.2) is 5.69 Å². The lowest BCUT2D eigenvalue weighted by Gasteiger charge is -2.32. The second-order valence-electron chi connectivity index (χ2n) is 5.18. The number of likely N-dealkylation sites (tertiary alicyclic amines) is 1. The molecule has 0 atom stereocenters. The van der Waals surface area contributed by atoms with E-state index in [1.807, 2.05) is 12.3 Å². The molecule has 2 aromatic heterocycles. The third-order valence-electron chi connectivity index (χ3n) is 3.64. The SMILES string of the molecule is O=C(NC1CCN(Cc2cccnc2)CC1)c1csnn1. The van der Waals surface area contributed by atoms with E-state index in [1.165, 1.54) is 17.1 Å². The fraction of sp³-hybridized carbons (Fsp3) is 0.429. The van der Waals surface area contributed by atoms with E-state index in [-0.39, 0.29) is 11.9 Å². The van der Waals surface area contributed by atoms with Crippen molar-refractivity contribution in [3.05, 3.63) is 41.2 Å². The van der Waals surface area contributed by atoms with E-state index in [2.05, 4.69) is 30.9 Å². The molecule has 0 radical (unpaired) electrons. The average Bonchev–Trinajstić information content (AvgIpc) is 3.05. The minimum atomic E-state index is -0.116. The summed E-state index contributed by atoms with van der Waals surface area (Å²) >= 11 is 1.20. The van der Waals surface area contributed by atoms with Crippen LogP contribution >= 0.6 is 11.5 Å². The monoisotopic (exact) mass is 303 g/mol. The van der Waals surface area contributed by atoms with Crippen LogP contribution in [-0.4, -0.2) is 44.5 Å². The molecule has 21 heavy (non-hydrogen) atoms. The lowest BCUT2D eigenvalue weighted by atomic mass is 10.0. The summed E-state index contributed by atoms with van der Waals surface area (Å²) in [5.74, 6) is -0.116. The Morgan fingerprint density at radius 3 is 2.95 bits per heavy atom. The minimum Gasteiger partial charge on any atom is -0.348 e. The van der Waals surface area contributed by atoms with Gasteiger partial charge in [0, 0.05) is 43.4 Å². The predicted molar refractivity (Wildman–Crippen MR) is 79.9 cm³/mol. The number of aromatic nitrogens is 3. The van der Waals surface area contributed by atoms with E-state index in [9.17, 15) is 4.79 Å². The number of nitrogens with zero attached hydrogens (tertiary/aromatic N) is 4. The van der Waals surface area contributed by atoms with Crippen LogP contribution < -0.4 is 5.32 Å². The fourth-order valence-corrected chi connectivity index (χ4v) is 2.94. The summed E-state index contributed by atoms with van der Waals surface area (Å²) in [6, 6.07) is 4.28. The molecule has 0 saturated carbocycles. The van der Waals surface area contributed by atoms with Crippen LogP contribution in [0.4, 0.5) is 0 Å². The molecule has 3 heterocycles. The molecule has 0 spiro atoms. The zero-order valence-electron chi connectivity index (χ0n) is 11.6. The van der Waals surface area contributed by atoms with Gasteiger partial charge < -0.3 is 5.32 Å². The first-order chi connectivity index (χ1) is 10.3. The highest BCUT2D eigenvalue weighted by molar-refractivity contribution is 7.03. The molecule has 2 aromatic rings. The molecule has 0 bridgehead atoms. The highest BCUT2D eigenvalue weighted by Gasteiger charge is 2.21. The molecule has 0 aromatic carbocycles. The Balaban J connectivity index is 1.46. The Labute approximate surface area is 127 Å². The summed E-state index contributed by atoms with van der Waals surface area (Å²) in [5.41, 5.74) is 1.64. The largest absolute Gasteiger partial charge is 0.348 e. The maximum atomic E-state index is 11.9. The molecule has 1 N–H and O–H groups in total. The van der Waals surface area contributed by atoms with Gasteiger partial charge in [-0.05, 0) is 36.0 Å². The third-order valence-corrected chi connectivity index (χ3v) is 4.15. The number of hydrogen-bond acceptors (Lipinski definition) is 6. The molecular weight excluding hydrogens is 286 g/mol.